The van der Waals surface area contributed by atoms with Crippen molar-refractivity contribution in [2.75, 3.05) is 13.7 Å². The molecule has 1 aliphatic heterocycles. The molecule has 2 fully saturated rings. The van der Waals surface area contributed by atoms with Gasteiger partial charge in [0.25, 0.3) is 5.91 Å². The Kier molecular flexibility index (Phi) is 4.14. The van der Waals surface area contributed by atoms with Gasteiger partial charge in [0.2, 0.25) is 11.7 Å². The van der Waals surface area contributed by atoms with Crippen molar-refractivity contribution in [3.63, 3.8) is 0 Å². The van der Waals surface area contributed by atoms with Gasteiger partial charge in [0.15, 0.2) is 0 Å². The summed E-state index contributed by atoms with van der Waals surface area (Å²) >= 11 is 1.47. The lowest BCUT2D eigenvalue weighted by Gasteiger charge is -2.23. The quantitative estimate of drug-likeness (QED) is 0.846. The number of amides is 1. The number of ether oxygens (including phenoxy) is 1. The second-order valence-electron chi connectivity index (χ2n) is 6.50. The topological polar surface area (TPSA) is 68.5 Å². The van der Waals surface area contributed by atoms with E-state index in [2.05, 4.69) is 10.1 Å². The molecule has 128 valence electrons. The number of carbonyl (C=O) groups is 1. The molecule has 6 nitrogen and oxygen atoms in total. The highest BCUT2D eigenvalue weighted by Gasteiger charge is 2.42. The van der Waals surface area contributed by atoms with Crippen molar-refractivity contribution < 1.29 is 14.1 Å². The molecule has 2 aromatic heterocycles. The standard InChI is InChI=1S/C17H21N3O3S/c1-22-17(8-2-3-9-17)16-18-14(23-19-16)12-6-4-10-20(12)15(21)13-7-5-11-24-13/h5,7,11-12H,2-4,6,8-10H2,1H3. The van der Waals surface area contributed by atoms with Gasteiger partial charge < -0.3 is 14.2 Å². The first-order valence-electron chi connectivity index (χ1n) is 8.47. The number of rotatable bonds is 4. The van der Waals surface area contributed by atoms with Crippen molar-refractivity contribution in [3.05, 3.63) is 34.1 Å². The molecule has 0 spiro atoms. The zero-order valence-electron chi connectivity index (χ0n) is 13.7. The molecule has 1 unspecified atom stereocenters. The third kappa shape index (κ3) is 2.56. The average Bonchev–Trinajstić information content (AvgIpc) is 3.42. The fourth-order valence-corrected chi connectivity index (χ4v) is 4.51. The van der Waals surface area contributed by atoms with Crippen molar-refractivity contribution in [1.82, 2.24) is 15.0 Å². The summed E-state index contributed by atoms with van der Waals surface area (Å²) in [5.41, 5.74) is -0.414. The monoisotopic (exact) mass is 347 g/mol. The van der Waals surface area contributed by atoms with E-state index in [0.29, 0.717) is 11.7 Å². The summed E-state index contributed by atoms with van der Waals surface area (Å²) in [7, 11) is 1.71. The number of aromatic nitrogens is 2. The normalized spacial score (nSPS) is 23.0. The Morgan fingerprint density at radius 1 is 1.42 bits per heavy atom. The minimum absolute atomic E-state index is 0.0505. The summed E-state index contributed by atoms with van der Waals surface area (Å²) in [6, 6.07) is 3.63. The van der Waals surface area contributed by atoms with Crippen molar-refractivity contribution in [2.24, 2.45) is 0 Å². The van der Waals surface area contributed by atoms with Gasteiger partial charge in [-0.05, 0) is 50.0 Å². The van der Waals surface area contributed by atoms with Crippen LogP contribution >= 0.6 is 11.3 Å². The van der Waals surface area contributed by atoms with Gasteiger partial charge in [0.1, 0.15) is 11.6 Å². The van der Waals surface area contributed by atoms with Gasteiger partial charge in [-0.2, -0.15) is 4.98 Å². The van der Waals surface area contributed by atoms with Crippen molar-refractivity contribution in [3.8, 4) is 0 Å². The van der Waals surface area contributed by atoms with Crippen LogP contribution in [0.25, 0.3) is 0 Å². The highest BCUT2D eigenvalue weighted by Crippen LogP contribution is 2.41. The second-order valence-corrected chi connectivity index (χ2v) is 7.44. The van der Waals surface area contributed by atoms with Crippen LogP contribution in [0.3, 0.4) is 0 Å². The molecule has 4 rings (SSSR count). The second kappa shape index (κ2) is 6.29. The maximum absolute atomic E-state index is 12.7. The largest absolute Gasteiger partial charge is 0.370 e. The molecule has 2 aliphatic rings. The number of carbonyl (C=O) groups excluding carboxylic acids is 1. The summed E-state index contributed by atoms with van der Waals surface area (Å²) in [5.74, 6) is 1.22. The molecule has 0 aromatic carbocycles. The van der Waals surface area contributed by atoms with Gasteiger partial charge in [-0.1, -0.05) is 11.2 Å². The molecule has 1 saturated carbocycles. The Balaban J connectivity index is 1.58. The number of methoxy groups -OCH3 is 1. The van der Waals surface area contributed by atoms with Crippen LogP contribution in [0.5, 0.6) is 0 Å². The van der Waals surface area contributed by atoms with Gasteiger partial charge >= 0.3 is 0 Å². The van der Waals surface area contributed by atoms with Crippen molar-refractivity contribution in [2.45, 2.75) is 50.2 Å². The van der Waals surface area contributed by atoms with Gasteiger partial charge in [0.05, 0.1) is 4.88 Å². The van der Waals surface area contributed by atoms with Gasteiger partial charge in [-0.15, -0.1) is 11.3 Å². The Bertz CT molecular complexity index is 706. The van der Waals surface area contributed by atoms with Crippen LogP contribution in [-0.4, -0.2) is 34.6 Å². The summed E-state index contributed by atoms with van der Waals surface area (Å²) < 4.78 is 11.3. The zero-order valence-corrected chi connectivity index (χ0v) is 14.6. The number of likely N-dealkylation sites (tertiary alicyclic amines) is 1. The smallest absolute Gasteiger partial charge is 0.264 e. The maximum atomic E-state index is 12.7. The van der Waals surface area contributed by atoms with Crippen LogP contribution in [0.4, 0.5) is 0 Å². The Labute approximate surface area is 144 Å². The molecule has 1 aliphatic carbocycles. The predicted octanol–water partition coefficient (Wildman–Crippen LogP) is 3.52. The molecular weight excluding hydrogens is 326 g/mol. The SMILES string of the molecule is COC1(c2noc(C3CCCN3C(=O)c3cccs3)n2)CCCC1. The van der Waals surface area contributed by atoms with Gasteiger partial charge in [-0.3, -0.25) is 4.79 Å². The average molecular weight is 347 g/mol. The number of hydrogen-bond donors (Lipinski definition) is 0. The third-order valence-corrected chi connectivity index (χ3v) is 6.04. The van der Waals surface area contributed by atoms with Gasteiger partial charge in [0, 0.05) is 13.7 Å². The third-order valence-electron chi connectivity index (χ3n) is 5.18. The molecule has 7 heteroatoms. The Morgan fingerprint density at radius 3 is 2.96 bits per heavy atom. The van der Waals surface area contributed by atoms with E-state index < -0.39 is 5.60 Å². The predicted molar refractivity (Wildman–Crippen MR) is 88.8 cm³/mol. The number of hydrogen-bond acceptors (Lipinski definition) is 6. The molecule has 0 radical (unpaired) electrons. The van der Waals surface area contributed by atoms with E-state index in [0.717, 1.165) is 49.9 Å². The van der Waals surface area contributed by atoms with Gasteiger partial charge in [-0.25, -0.2) is 0 Å². The maximum Gasteiger partial charge on any atom is 0.264 e. The molecule has 1 saturated heterocycles. The first kappa shape index (κ1) is 15.8. The Morgan fingerprint density at radius 2 is 2.25 bits per heavy atom. The van der Waals surface area contributed by atoms with E-state index >= 15 is 0 Å². The molecule has 24 heavy (non-hydrogen) atoms. The van der Waals surface area contributed by atoms with E-state index in [9.17, 15) is 4.79 Å². The molecule has 1 amide bonds. The molecule has 2 aromatic rings. The van der Waals surface area contributed by atoms with Crippen LogP contribution in [0.15, 0.2) is 22.0 Å². The minimum atomic E-state index is -0.414. The Hall–Kier alpha value is -1.73. The van der Waals surface area contributed by atoms with Crippen LogP contribution in [0.2, 0.25) is 0 Å². The van der Waals surface area contributed by atoms with E-state index in [1.807, 2.05) is 22.4 Å². The fourth-order valence-electron chi connectivity index (χ4n) is 3.83. The minimum Gasteiger partial charge on any atom is -0.370 e. The lowest BCUT2D eigenvalue weighted by atomic mass is 10.0. The fraction of sp³-hybridized carbons (Fsp3) is 0.588. The highest BCUT2D eigenvalue weighted by molar-refractivity contribution is 7.12. The van der Waals surface area contributed by atoms with E-state index in [1.54, 1.807) is 7.11 Å². The first-order chi connectivity index (χ1) is 11.7. The van der Waals surface area contributed by atoms with E-state index in [4.69, 9.17) is 9.26 Å². The van der Waals surface area contributed by atoms with Crippen molar-refractivity contribution in [1.29, 1.82) is 0 Å². The summed E-state index contributed by atoms with van der Waals surface area (Å²) in [6.07, 6.45) is 5.89. The van der Waals surface area contributed by atoms with E-state index in [-0.39, 0.29) is 11.9 Å². The molecule has 0 N–H and O–H groups in total. The van der Waals surface area contributed by atoms with Crippen LogP contribution in [0, 0.1) is 0 Å². The highest BCUT2D eigenvalue weighted by atomic mass is 32.1. The van der Waals surface area contributed by atoms with Crippen LogP contribution in [0.1, 0.15) is 66.0 Å². The molecule has 3 heterocycles. The first-order valence-corrected chi connectivity index (χ1v) is 9.35. The molecule has 0 bridgehead atoms. The number of thiophene rings is 1. The lowest BCUT2D eigenvalue weighted by Crippen LogP contribution is -2.30. The zero-order chi connectivity index (χ0) is 16.6. The summed E-state index contributed by atoms with van der Waals surface area (Å²) in [6.45, 7) is 0.731. The lowest BCUT2D eigenvalue weighted by molar-refractivity contribution is -0.0178. The van der Waals surface area contributed by atoms with Crippen LogP contribution in [-0.2, 0) is 10.3 Å². The molecule has 1 atom stereocenters. The van der Waals surface area contributed by atoms with Crippen LogP contribution < -0.4 is 0 Å². The summed E-state index contributed by atoms with van der Waals surface area (Å²) in [4.78, 5) is 19.9. The summed E-state index contributed by atoms with van der Waals surface area (Å²) in [5, 5.41) is 6.12. The van der Waals surface area contributed by atoms with E-state index in [1.165, 1.54) is 11.3 Å². The number of nitrogens with zero attached hydrogens (tertiary/aromatic N) is 3. The van der Waals surface area contributed by atoms with Crippen molar-refractivity contribution >= 4 is 17.2 Å². The molecular formula is C17H21N3O3S.